The maximum absolute atomic E-state index is 4.57. The lowest BCUT2D eigenvalue weighted by Crippen LogP contribution is -2.06. The molecule has 2 aromatic rings. The van der Waals surface area contributed by atoms with Crippen molar-refractivity contribution < 1.29 is 0 Å². The third-order valence-corrected chi connectivity index (χ3v) is 3.93. The number of aromatic nitrogens is 4. The van der Waals surface area contributed by atoms with Gasteiger partial charge in [-0.2, -0.15) is 4.98 Å². The summed E-state index contributed by atoms with van der Waals surface area (Å²) in [7, 11) is 0. The fraction of sp³-hybridized carbons (Fsp3) is 0.583. The summed E-state index contributed by atoms with van der Waals surface area (Å²) in [6.07, 6.45) is 3.83. The second-order valence-electron chi connectivity index (χ2n) is 4.22. The van der Waals surface area contributed by atoms with Crippen molar-refractivity contribution in [2.75, 3.05) is 11.9 Å². The predicted octanol–water partition coefficient (Wildman–Crippen LogP) is 3.07. The van der Waals surface area contributed by atoms with Gasteiger partial charge in [0.1, 0.15) is 10.5 Å². The summed E-state index contributed by atoms with van der Waals surface area (Å²) in [5, 5.41) is 4.73. The lowest BCUT2D eigenvalue weighted by Gasteiger charge is -2.09. The molecule has 1 atom stereocenters. The fourth-order valence-corrected chi connectivity index (χ4v) is 2.44. The van der Waals surface area contributed by atoms with Crippen molar-refractivity contribution in [3.8, 4) is 0 Å². The lowest BCUT2D eigenvalue weighted by atomic mass is 10.4. The Morgan fingerprint density at radius 1 is 1.39 bits per heavy atom. The van der Waals surface area contributed by atoms with Gasteiger partial charge in [0.05, 0.1) is 6.33 Å². The van der Waals surface area contributed by atoms with Crippen molar-refractivity contribution in [2.24, 2.45) is 0 Å². The molecule has 98 valence electrons. The second-order valence-corrected chi connectivity index (χ2v) is 5.64. The van der Waals surface area contributed by atoms with E-state index in [2.05, 4.69) is 46.0 Å². The van der Waals surface area contributed by atoms with Crippen molar-refractivity contribution in [2.45, 2.75) is 43.9 Å². The number of rotatable bonds is 6. The molecule has 2 rings (SSSR count). The van der Waals surface area contributed by atoms with E-state index in [1.54, 1.807) is 18.1 Å². The molecule has 2 heterocycles. The molecule has 2 N–H and O–H groups in total. The summed E-state index contributed by atoms with van der Waals surface area (Å²) < 4.78 is 0. The summed E-state index contributed by atoms with van der Waals surface area (Å²) in [4.78, 5) is 16.3. The number of thioether (sulfide) groups is 1. The van der Waals surface area contributed by atoms with Gasteiger partial charge < -0.3 is 10.3 Å². The van der Waals surface area contributed by atoms with Gasteiger partial charge in [0, 0.05) is 11.8 Å². The van der Waals surface area contributed by atoms with Gasteiger partial charge >= 0.3 is 0 Å². The summed E-state index contributed by atoms with van der Waals surface area (Å²) >= 11 is 1.76. The van der Waals surface area contributed by atoms with Gasteiger partial charge in [-0.15, -0.1) is 11.8 Å². The number of nitrogens with zero attached hydrogens (tertiary/aromatic N) is 3. The van der Waals surface area contributed by atoms with Crippen LogP contribution in [0.2, 0.25) is 0 Å². The van der Waals surface area contributed by atoms with Crippen LogP contribution in [0.4, 0.5) is 5.95 Å². The van der Waals surface area contributed by atoms with E-state index in [9.17, 15) is 0 Å². The first-order chi connectivity index (χ1) is 8.74. The Labute approximate surface area is 111 Å². The summed E-state index contributed by atoms with van der Waals surface area (Å²) in [5.41, 5.74) is 1.66. The first-order valence-electron chi connectivity index (χ1n) is 6.36. The first-order valence-corrected chi connectivity index (χ1v) is 7.24. The molecular formula is C12H19N5S. The Bertz CT molecular complexity index is 510. The van der Waals surface area contributed by atoms with Crippen LogP contribution < -0.4 is 5.32 Å². The Morgan fingerprint density at radius 3 is 2.94 bits per heavy atom. The monoisotopic (exact) mass is 265 g/mol. The van der Waals surface area contributed by atoms with Crippen LogP contribution in [0.15, 0.2) is 11.4 Å². The molecule has 0 spiro atoms. The van der Waals surface area contributed by atoms with Gasteiger partial charge in [0.25, 0.3) is 0 Å². The maximum Gasteiger partial charge on any atom is 0.225 e. The molecule has 0 radical (unpaired) electrons. The van der Waals surface area contributed by atoms with E-state index in [0.717, 1.165) is 35.6 Å². The molecule has 18 heavy (non-hydrogen) atoms. The smallest absolute Gasteiger partial charge is 0.225 e. The zero-order chi connectivity index (χ0) is 13.0. The molecule has 0 aromatic carbocycles. The number of anilines is 1. The highest BCUT2D eigenvalue weighted by atomic mass is 32.2. The van der Waals surface area contributed by atoms with E-state index in [1.165, 1.54) is 0 Å². The van der Waals surface area contributed by atoms with Crippen molar-refractivity contribution in [1.82, 2.24) is 19.9 Å². The molecule has 1 unspecified atom stereocenters. The molecule has 0 aliphatic heterocycles. The molecule has 0 fully saturated rings. The maximum atomic E-state index is 4.57. The molecule has 0 saturated heterocycles. The summed E-state index contributed by atoms with van der Waals surface area (Å²) in [5.74, 6) is 0.669. The van der Waals surface area contributed by atoms with Crippen LogP contribution >= 0.6 is 11.8 Å². The first kappa shape index (κ1) is 13.1. The number of imidazole rings is 1. The minimum Gasteiger partial charge on any atom is -0.354 e. The summed E-state index contributed by atoms with van der Waals surface area (Å²) in [6.45, 7) is 7.38. The van der Waals surface area contributed by atoms with E-state index < -0.39 is 0 Å². The van der Waals surface area contributed by atoms with Crippen LogP contribution in [0.3, 0.4) is 0 Å². The van der Waals surface area contributed by atoms with Crippen molar-refractivity contribution in [3.05, 3.63) is 6.33 Å². The second kappa shape index (κ2) is 6.04. The van der Waals surface area contributed by atoms with E-state index in [-0.39, 0.29) is 0 Å². The number of aromatic amines is 1. The quantitative estimate of drug-likeness (QED) is 0.620. The normalized spacial score (nSPS) is 12.8. The van der Waals surface area contributed by atoms with Gasteiger partial charge in [-0.25, -0.2) is 9.97 Å². The predicted molar refractivity (Wildman–Crippen MR) is 76.1 cm³/mol. The molecule has 6 heteroatoms. The highest BCUT2D eigenvalue weighted by Crippen LogP contribution is 2.28. The lowest BCUT2D eigenvalue weighted by molar-refractivity contribution is 0.899. The zero-order valence-electron chi connectivity index (χ0n) is 11.0. The Balaban J connectivity index is 2.32. The highest BCUT2D eigenvalue weighted by Gasteiger charge is 2.12. The Kier molecular flexibility index (Phi) is 4.41. The average molecular weight is 265 g/mol. The van der Waals surface area contributed by atoms with E-state index >= 15 is 0 Å². The van der Waals surface area contributed by atoms with Gasteiger partial charge in [-0.3, -0.25) is 0 Å². The summed E-state index contributed by atoms with van der Waals surface area (Å²) in [6, 6.07) is 0. The molecule has 0 aliphatic carbocycles. The SMILES string of the molecule is CCCNc1nc(SC(C)CC)c2[nH]cnc2n1. The highest BCUT2D eigenvalue weighted by molar-refractivity contribution is 8.00. The number of hydrogen-bond acceptors (Lipinski definition) is 5. The van der Waals surface area contributed by atoms with Crippen LogP contribution in [-0.2, 0) is 0 Å². The van der Waals surface area contributed by atoms with Crippen LogP contribution in [-0.4, -0.2) is 31.7 Å². The number of fused-ring (bicyclic) bond motifs is 1. The minimum absolute atomic E-state index is 0.533. The van der Waals surface area contributed by atoms with Gasteiger partial charge in [-0.1, -0.05) is 20.8 Å². The molecule has 0 aliphatic rings. The standard InChI is InChI=1S/C12H19N5S/c1-4-6-13-12-16-10-9(14-7-15-10)11(17-12)18-8(3)5-2/h7-8H,4-6H2,1-3H3,(H2,13,14,15,16,17). The van der Waals surface area contributed by atoms with Crippen LogP contribution in [0.1, 0.15) is 33.6 Å². The van der Waals surface area contributed by atoms with Crippen molar-refractivity contribution >= 4 is 28.9 Å². The minimum atomic E-state index is 0.533. The molecule has 0 saturated carbocycles. The van der Waals surface area contributed by atoms with Crippen molar-refractivity contribution in [3.63, 3.8) is 0 Å². The van der Waals surface area contributed by atoms with Crippen LogP contribution in [0.25, 0.3) is 11.2 Å². The Morgan fingerprint density at radius 2 is 2.22 bits per heavy atom. The van der Waals surface area contributed by atoms with E-state index in [4.69, 9.17) is 0 Å². The third kappa shape index (κ3) is 2.93. The molecule has 5 nitrogen and oxygen atoms in total. The van der Waals surface area contributed by atoms with Crippen LogP contribution in [0, 0.1) is 0 Å². The Hall–Kier alpha value is -1.30. The molecule has 0 amide bonds. The van der Waals surface area contributed by atoms with Gasteiger partial charge in [0.2, 0.25) is 5.95 Å². The molecule has 2 aromatic heterocycles. The van der Waals surface area contributed by atoms with Crippen LogP contribution in [0.5, 0.6) is 0 Å². The topological polar surface area (TPSA) is 66.5 Å². The zero-order valence-corrected chi connectivity index (χ0v) is 11.8. The van der Waals surface area contributed by atoms with Crippen molar-refractivity contribution in [1.29, 1.82) is 0 Å². The number of nitrogens with one attached hydrogen (secondary N) is 2. The number of hydrogen-bond donors (Lipinski definition) is 2. The van der Waals surface area contributed by atoms with Gasteiger partial charge in [-0.05, 0) is 12.8 Å². The largest absolute Gasteiger partial charge is 0.354 e. The van der Waals surface area contributed by atoms with E-state index in [0.29, 0.717) is 11.2 Å². The van der Waals surface area contributed by atoms with E-state index in [1.807, 2.05) is 0 Å². The third-order valence-electron chi connectivity index (χ3n) is 2.67. The number of H-pyrrole nitrogens is 1. The molecule has 0 bridgehead atoms. The average Bonchev–Trinajstić information content (AvgIpc) is 2.84. The molecular weight excluding hydrogens is 246 g/mol. The van der Waals surface area contributed by atoms with Gasteiger partial charge in [0.15, 0.2) is 5.65 Å². The fourth-order valence-electron chi connectivity index (χ4n) is 1.48.